The quantitative estimate of drug-likeness (QED) is 0.691. The maximum atomic E-state index is 9.73. The normalized spacial score (nSPS) is 32.3. The molecule has 3 heteroatoms. The first-order valence-electron chi connectivity index (χ1n) is 5.23. The SMILES string of the molecule is COC1CCN(CC(O)C2CC2)C1. The molecule has 2 rings (SSSR count). The van der Waals surface area contributed by atoms with E-state index in [1.165, 1.54) is 12.8 Å². The van der Waals surface area contributed by atoms with Crippen LogP contribution < -0.4 is 0 Å². The van der Waals surface area contributed by atoms with E-state index in [1.54, 1.807) is 7.11 Å². The Balaban J connectivity index is 1.70. The predicted molar refractivity (Wildman–Crippen MR) is 50.6 cm³/mol. The fourth-order valence-corrected chi connectivity index (χ4v) is 2.05. The Labute approximate surface area is 79.7 Å². The zero-order chi connectivity index (χ0) is 9.26. The summed E-state index contributed by atoms with van der Waals surface area (Å²) in [6.45, 7) is 2.94. The van der Waals surface area contributed by atoms with Gasteiger partial charge >= 0.3 is 0 Å². The van der Waals surface area contributed by atoms with E-state index in [0.717, 1.165) is 26.1 Å². The van der Waals surface area contributed by atoms with E-state index in [1.807, 2.05) is 0 Å². The molecule has 0 bridgehead atoms. The van der Waals surface area contributed by atoms with Gasteiger partial charge in [0.05, 0.1) is 12.2 Å². The van der Waals surface area contributed by atoms with E-state index < -0.39 is 0 Å². The average Bonchev–Trinajstić information content (AvgIpc) is 2.88. The van der Waals surface area contributed by atoms with Crippen molar-refractivity contribution in [1.82, 2.24) is 4.90 Å². The van der Waals surface area contributed by atoms with Gasteiger partial charge in [-0.25, -0.2) is 0 Å². The molecule has 76 valence electrons. The molecular formula is C10H19NO2. The molecule has 0 aromatic heterocycles. The van der Waals surface area contributed by atoms with Crippen LogP contribution in [0.1, 0.15) is 19.3 Å². The summed E-state index contributed by atoms with van der Waals surface area (Å²) in [5.41, 5.74) is 0. The molecule has 0 spiro atoms. The molecule has 1 N–H and O–H groups in total. The second kappa shape index (κ2) is 3.95. The third kappa shape index (κ3) is 2.42. The van der Waals surface area contributed by atoms with Gasteiger partial charge in [-0.05, 0) is 25.2 Å². The average molecular weight is 185 g/mol. The third-order valence-corrected chi connectivity index (χ3v) is 3.17. The third-order valence-electron chi connectivity index (χ3n) is 3.17. The highest BCUT2D eigenvalue weighted by Gasteiger charge is 2.32. The lowest BCUT2D eigenvalue weighted by molar-refractivity contribution is 0.0818. The number of ether oxygens (including phenoxy) is 1. The number of hydrogen-bond acceptors (Lipinski definition) is 3. The minimum Gasteiger partial charge on any atom is -0.392 e. The summed E-state index contributed by atoms with van der Waals surface area (Å²) >= 11 is 0. The fraction of sp³-hybridized carbons (Fsp3) is 1.00. The molecule has 2 aliphatic rings. The van der Waals surface area contributed by atoms with E-state index >= 15 is 0 Å². The Bertz CT molecular complexity index is 170. The van der Waals surface area contributed by atoms with Crippen LogP contribution in [0.4, 0.5) is 0 Å². The molecule has 1 aliphatic heterocycles. The van der Waals surface area contributed by atoms with Crippen LogP contribution in [0.5, 0.6) is 0 Å². The van der Waals surface area contributed by atoms with E-state index in [4.69, 9.17) is 4.74 Å². The van der Waals surface area contributed by atoms with Crippen LogP contribution in [0.25, 0.3) is 0 Å². The molecule has 0 aromatic carbocycles. The van der Waals surface area contributed by atoms with Crippen molar-refractivity contribution in [1.29, 1.82) is 0 Å². The summed E-state index contributed by atoms with van der Waals surface area (Å²) in [4.78, 5) is 2.32. The van der Waals surface area contributed by atoms with Crippen molar-refractivity contribution in [3.63, 3.8) is 0 Å². The number of aliphatic hydroxyl groups excluding tert-OH is 1. The number of aliphatic hydroxyl groups is 1. The van der Waals surface area contributed by atoms with Crippen molar-refractivity contribution in [2.24, 2.45) is 5.92 Å². The highest BCUT2D eigenvalue weighted by molar-refractivity contribution is 4.85. The van der Waals surface area contributed by atoms with Gasteiger partial charge in [-0.1, -0.05) is 0 Å². The maximum Gasteiger partial charge on any atom is 0.0710 e. The lowest BCUT2D eigenvalue weighted by atomic mass is 10.2. The van der Waals surface area contributed by atoms with Gasteiger partial charge in [-0.2, -0.15) is 0 Å². The molecule has 0 amide bonds. The highest BCUT2D eigenvalue weighted by Crippen LogP contribution is 2.33. The first kappa shape index (κ1) is 9.44. The van der Waals surface area contributed by atoms with Gasteiger partial charge < -0.3 is 9.84 Å². The summed E-state index contributed by atoms with van der Waals surface area (Å²) < 4.78 is 5.28. The number of likely N-dealkylation sites (tertiary alicyclic amines) is 1. The second-order valence-electron chi connectivity index (χ2n) is 4.31. The van der Waals surface area contributed by atoms with Crippen LogP contribution >= 0.6 is 0 Å². The van der Waals surface area contributed by atoms with E-state index in [0.29, 0.717) is 12.0 Å². The molecule has 13 heavy (non-hydrogen) atoms. The monoisotopic (exact) mass is 185 g/mol. The van der Waals surface area contributed by atoms with Gasteiger partial charge in [0.2, 0.25) is 0 Å². The summed E-state index contributed by atoms with van der Waals surface area (Å²) in [5.74, 6) is 0.599. The molecule has 1 saturated heterocycles. The minimum absolute atomic E-state index is 0.0874. The number of hydrogen-bond donors (Lipinski definition) is 1. The van der Waals surface area contributed by atoms with E-state index in [9.17, 15) is 5.11 Å². The molecule has 3 nitrogen and oxygen atoms in total. The van der Waals surface area contributed by atoms with Crippen LogP contribution in [0.15, 0.2) is 0 Å². The van der Waals surface area contributed by atoms with Gasteiger partial charge in [-0.3, -0.25) is 4.90 Å². The minimum atomic E-state index is -0.0874. The van der Waals surface area contributed by atoms with Gasteiger partial charge in [0, 0.05) is 26.7 Å². The van der Waals surface area contributed by atoms with Crippen LogP contribution in [0.3, 0.4) is 0 Å². The molecule has 1 saturated carbocycles. The van der Waals surface area contributed by atoms with Crippen molar-refractivity contribution >= 4 is 0 Å². The Hall–Kier alpha value is -0.120. The first-order valence-corrected chi connectivity index (χ1v) is 5.23. The molecule has 1 heterocycles. The fourth-order valence-electron chi connectivity index (χ4n) is 2.05. The summed E-state index contributed by atoms with van der Waals surface area (Å²) in [5, 5.41) is 9.73. The number of methoxy groups -OCH3 is 1. The molecule has 2 fully saturated rings. The zero-order valence-electron chi connectivity index (χ0n) is 8.28. The van der Waals surface area contributed by atoms with Gasteiger partial charge in [0.15, 0.2) is 0 Å². The zero-order valence-corrected chi connectivity index (χ0v) is 8.28. The molecular weight excluding hydrogens is 166 g/mol. The Morgan fingerprint density at radius 1 is 1.46 bits per heavy atom. The van der Waals surface area contributed by atoms with E-state index in [2.05, 4.69) is 4.90 Å². The summed E-state index contributed by atoms with van der Waals surface area (Å²) in [6.07, 6.45) is 3.88. The lowest BCUT2D eigenvalue weighted by Gasteiger charge is -2.19. The predicted octanol–water partition coefficient (Wildman–Crippen LogP) is 0.478. The first-order chi connectivity index (χ1) is 6.29. The topological polar surface area (TPSA) is 32.7 Å². The van der Waals surface area contributed by atoms with E-state index in [-0.39, 0.29) is 6.10 Å². The van der Waals surface area contributed by atoms with Crippen molar-refractivity contribution in [3.8, 4) is 0 Å². The second-order valence-corrected chi connectivity index (χ2v) is 4.31. The molecule has 1 aliphatic carbocycles. The van der Waals surface area contributed by atoms with Crippen LogP contribution in [-0.2, 0) is 4.74 Å². The van der Waals surface area contributed by atoms with Gasteiger partial charge in [0.1, 0.15) is 0 Å². The molecule has 2 atom stereocenters. The van der Waals surface area contributed by atoms with Crippen molar-refractivity contribution < 1.29 is 9.84 Å². The largest absolute Gasteiger partial charge is 0.392 e. The van der Waals surface area contributed by atoms with Crippen LogP contribution in [0.2, 0.25) is 0 Å². The highest BCUT2D eigenvalue weighted by atomic mass is 16.5. The number of β-amino-alcohol motifs (C(OH)–C–C–N with tert-alkyl or cyclic N) is 1. The van der Waals surface area contributed by atoms with Crippen molar-refractivity contribution in [2.75, 3.05) is 26.7 Å². The Kier molecular flexibility index (Phi) is 2.86. The Morgan fingerprint density at radius 3 is 2.77 bits per heavy atom. The van der Waals surface area contributed by atoms with Gasteiger partial charge in [-0.15, -0.1) is 0 Å². The molecule has 2 unspecified atom stereocenters. The smallest absolute Gasteiger partial charge is 0.0710 e. The lowest BCUT2D eigenvalue weighted by Crippen LogP contribution is -2.32. The molecule has 0 radical (unpaired) electrons. The van der Waals surface area contributed by atoms with Crippen molar-refractivity contribution in [3.05, 3.63) is 0 Å². The maximum absolute atomic E-state index is 9.73. The van der Waals surface area contributed by atoms with Crippen molar-refractivity contribution in [2.45, 2.75) is 31.5 Å². The van der Waals surface area contributed by atoms with Crippen LogP contribution in [-0.4, -0.2) is 49.0 Å². The standard InChI is InChI=1S/C10H19NO2/c1-13-9-4-5-11(6-9)7-10(12)8-2-3-8/h8-10,12H,2-7H2,1H3. The summed E-state index contributed by atoms with van der Waals surface area (Å²) in [7, 11) is 1.77. The Morgan fingerprint density at radius 2 is 2.23 bits per heavy atom. The number of rotatable bonds is 4. The van der Waals surface area contributed by atoms with Crippen LogP contribution in [0, 0.1) is 5.92 Å². The summed E-state index contributed by atoms with van der Waals surface area (Å²) in [6, 6.07) is 0. The molecule has 0 aromatic rings. The van der Waals surface area contributed by atoms with Gasteiger partial charge in [0.25, 0.3) is 0 Å². The number of nitrogens with zero attached hydrogens (tertiary/aromatic N) is 1.